The first-order chi connectivity index (χ1) is 19.1. The molecule has 0 saturated heterocycles. The van der Waals surface area contributed by atoms with Crippen molar-refractivity contribution in [3.63, 3.8) is 0 Å². The van der Waals surface area contributed by atoms with E-state index in [0.717, 1.165) is 22.7 Å². The Morgan fingerprint density at radius 1 is 0.900 bits per heavy atom. The van der Waals surface area contributed by atoms with Gasteiger partial charge in [-0.2, -0.15) is 0 Å². The van der Waals surface area contributed by atoms with Crippen molar-refractivity contribution in [3.05, 3.63) is 94.0 Å². The molecule has 0 aliphatic heterocycles. The van der Waals surface area contributed by atoms with Crippen LogP contribution < -0.4 is 9.62 Å². The molecular formula is C30H35Cl2N3O4S. The topological polar surface area (TPSA) is 86.8 Å². The summed E-state index contributed by atoms with van der Waals surface area (Å²) < 4.78 is 28.7. The molecule has 2 amide bonds. The summed E-state index contributed by atoms with van der Waals surface area (Å²) in [6.45, 7) is 5.59. The van der Waals surface area contributed by atoms with Crippen LogP contribution in [0.4, 0.5) is 5.69 Å². The van der Waals surface area contributed by atoms with Crippen LogP contribution in [0.3, 0.4) is 0 Å². The number of halogens is 2. The molecule has 0 aromatic heterocycles. The van der Waals surface area contributed by atoms with Crippen LogP contribution in [-0.4, -0.2) is 44.3 Å². The summed E-state index contributed by atoms with van der Waals surface area (Å²) in [7, 11) is -4.12. The Balaban J connectivity index is 2.06. The van der Waals surface area contributed by atoms with E-state index in [4.69, 9.17) is 23.2 Å². The van der Waals surface area contributed by atoms with Crippen molar-refractivity contribution in [1.82, 2.24) is 10.2 Å². The number of amides is 2. The fraction of sp³-hybridized carbons (Fsp3) is 0.333. The number of sulfonamides is 1. The minimum Gasteiger partial charge on any atom is -0.354 e. The number of aryl methyl sites for hydroxylation is 1. The number of nitrogens with one attached hydrogen (secondary N) is 1. The second-order valence-electron chi connectivity index (χ2n) is 9.45. The van der Waals surface area contributed by atoms with Gasteiger partial charge in [-0.1, -0.05) is 85.4 Å². The second-order valence-corrected chi connectivity index (χ2v) is 12.1. The Labute approximate surface area is 247 Å². The normalized spacial score (nSPS) is 12.0. The standard InChI is InChI=1S/C30H35Cl2N3O4S/c1-4-6-19-33-30(37)28(5-2)34(20-25-26(31)13-10-14-27(25)32)29(36)21-35(23-17-15-22(3)16-18-23)40(38,39)24-11-8-7-9-12-24/h7-18,28H,4-6,19-21H2,1-3H3,(H,33,37)/t28-/m0/s1. The van der Waals surface area contributed by atoms with Gasteiger partial charge in [-0.15, -0.1) is 0 Å². The lowest BCUT2D eigenvalue weighted by Crippen LogP contribution is -2.52. The van der Waals surface area contributed by atoms with Crippen molar-refractivity contribution in [3.8, 4) is 0 Å². The first-order valence-corrected chi connectivity index (χ1v) is 15.4. The maximum Gasteiger partial charge on any atom is 0.264 e. The highest BCUT2D eigenvalue weighted by molar-refractivity contribution is 7.92. The second kappa shape index (κ2) is 14.5. The quantitative estimate of drug-likeness (QED) is 0.235. The largest absolute Gasteiger partial charge is 0.354 e. The van der Waals surface area contributed by atoms with Crippen molar-refractivity contribution in [2.45, 2.75) is 57.5 Å². The number of rotatable bonds is 13. The Kier molecular flexibility index (Phi) is 11.4. The summed E-state index contributed by atoms with van der Waals surface area (Å²) in [5.74, 6) is -0.881. The minimum absolute atomic E-state index is 0.0495. The highest BCUT2D eigenvalue weighted by Crippen LogP contribution is 2.29. The maximum absolute atomic E-state index is 14.1. The van der Waals surface area contributed by atoms with Crippen LogP contribution in [0.1, 0.15) is 44.2 Å². The van der Waals surface area contributed by atoms with Gasteiger partial charge in [0.25, 0.3) is 10.0 Å². The molecule has 0 aliphatic rings. The van der Waals surface area contributed by atoms with E-state index in [9.17, 15) is 18.0 Å². The first kappa shape index (κ1) is 31.5. The van der Waals surface area contributed by atoms with Crippen LogP contribution in [0, 0.1) is 6.92 Å². The van der Waals surface area contributed by atoms with E-state index in [1.165, 1.54) is 17.0 Å². The van der Waals surface area contributed by atoms with Crippen LogP contribution in [0.2, 0.25) is 10.0 Å². The third-order valence-corrected chi connectivity index (χ3v) is 9.03. The lowest BCUT2D eigenvalue weighted by Gasteiger charge is -2.33. The zero-order valence-electron chi connectivity index (χ0n) is 22.9. The highest BCUT2D eigenvalue weighted by Gasteiger charge is 2.34. The predicted octanol–water partition coefficient (Wildman–Crippen LogP) is 6.22. The lowest BCUT2D eigenvalue weighted by molar-refractivity contribution is -0.140. The van der Waals surface area contributed by atoms with Gasteiger partial charge in [0.1, 0.15) is 12.6 Å². The van der Waals surface area contributed by atoms with E-state index in [2.05, 4.69) is 5.32 Å². The lowest BCUT2D eigenvalue weighted by atomic mass is 10.1. The van der Waals surface area contributed by atoms with Gasteiger partial charge in [-0.05, 0) is 56.2 Å². The van der Waals surface area contributed by atoms with Crippen molar-refractivity contribution >= 4 is 50.7 Å². The van der Waals surface area contributed by atoms with E-state index < -0.39 is 28.5 Å². The third kappa shape index (κ3) is 7.77. The molecule has 1 N–H and O–H groups in total. The molecule has 1 atom stereocenters. The summed E-state index contributed by atoms with van der Waals surface area (Å²) in [5.41, 5.74) is 1.75. The molecule has 7 nitrogen and oxygen atoms in total. The van der Waals surface area contributed by atoms with Crippen LogP contribution in [0.5, 0.6) is 0 Å². The van der Waals surface area contributed by atoms with Crippen LogP contribution in [-0.2, 0) is 26.2 Å². The van der Waals surface area contributed by atoms with E-state index in [-0.39, 0.29) is 17.3 Å². The molecule has 0 bridgehead atoms. The number of hydrogen-bond donors (Lipinski definition) is 1. The third-order valence-electron chi connectivity index (χ3n) is 6.54. The molecule has 3 aromatic carbocycles. The SMILES string of the molecule is CCCCNC(=O)[C@H](CC)N(Cc1c(Cl)cccc1Cl)C(=O)CN(c1ccc(C)cc1)S(=O)(=O)c1ccccc1. The molecule has 0 unspecified atom stereocenters. The highest BCUT2D eigenvalue weighted by atomic mass is 35.5. The fourth-order valence-electron chi connectivity index (χ4n) is 4.24. The summed E-state index contributed by atoms with van der Waals surface area (Å²) in [6, 6.07) is 19.0. The zero-order valence-corrected chi connectivity index (χ0v) is 25.3. The van der Waals surface area contributed by atoms with E-state index in [1.807, 2.05) is 13.8 Å². The molecule has 3 aromatic rings. The number of unbranched alkanes of at least 4 members (excludes halogenated alkanes) is 1. The number of nitrogens with zero attached hydrogens (tertiary/aromatic N) is 2. The van der Waals surface area contributed by atoms with Gasteiger partial charge in [0.15, 0.2) is 0 Å². The Bertz CT molecular complexity index is 1380. The van der Waals surface area contributed by atoms with Gasteiger partial charge in [0.2, 0.25) is 11.8 Å². The van der Waals surface area contributed by atoms with Gasteiger partial charge in [-0.25, -0.2) is 8.42 Å². The molecule has 0 aliphatic carbocycles. The van der Waals surface area contributed by atoms with Gasteiger partial charge in [-0.3, -0.25) is 13.9 Å². The molecule has 0 spiro atoms. The summed E-state index contributed by atoms with van der Waals surface area (Å²) in [4.78, 5) is 28.8. The predicted molar refractivity (Wildman–Crippen MR) is 161 cm³/mol. The Hall–Kier alpha value is -3.07. The molecular weight excluding hydrogens is 569 g/mol. The van der Waals surface area contributed by atoms with E-state index in [1.54, 1.807) is 67.6 Å². The van der Waals surface area contributed by atoms with E-state index in [0.29, 0.717) is 34.3 Å². The number of carbonyl (C=O) groups is 2. The van der Waals surface area contributed by atoms with Crippen LogP contribution in [0.25, 0.3) is 0 Å². The monoisotopic (exact) mass is 603 g/mol. The smallest absolute Gasteiger partial charge is 0.264 e. The minimum atomic E-state index is -4.12. The molecule has 214 valence electrons. The van der Waals surface area contributed by atoms with Gasteiger partial charge in [0, 0.05) is 28.7 Å². The average Bonchev–Trinajstić information content (AvgIpc) is 2.94. The number of benzene rings is 3. The maximum atomic E-state index is 14.1. The fourth-order valence-corrected chi connectivity index (χ4v) is 6.19. The number of anilines is 1. The summed E-state index contributed by atoms with van der Waals surface area (Å²) in [5, 5.41) is 3.59. The number of hydrogen-bond acceptors (Lipinski definition) is 4. The zero-order chi connectivity index (χ0) is 29.3. The van der Waals surface area contributed by atoms with Crippen LogP contribution in [0.15, 0.2) is 77.7 Å². The molecule has 0 fully saturated rings. The summed E-state index contributed by atoms with van der Waals surface area (Å²) >= 11 is 12.9. The first-order valence-electron chi connectivity index (χ1n) is 13.2. The van der Waals surface area contributed by atoms with Crippen molar-refractivity contribution in [1.29, 1.82) is 0 Å². The molecule has 0 heterocycles. The molecule has 0 saturated carbocycles. The van der Waals surface area contributed by atoms with Crippen molar-refractivity contribution in [2.24, 2.45) is 0 Å². The van der Waals surface area contributed by atoms with Crippen molar-refractivity contribution < 1.29 is 18.0 Å². The summed E-state index contributed by atoms with van der Waals surface area (Å²) in [6.07, 6.45) is 2.00. The van der Waals surface area contributed by atoms with Crippen LogP contribution >= 0.6 is 23.2 Å². The van der Waals surface area contributed by atoms with Gasteiger partial charge < -0.3 is 10.2 Å². The molecule has 40 heavy (non-hydrogen) atoms. The Morgan fingerprint density at radius 3 is 2.10 bits per heavy atom. The van der Waals surface area contributed by atoms with Gasteiger partial charge in [0.05, 0.1) is 10.6 Å². The molecule has 10 heteroatoms. The molecule has 0 radical (unpaired) electrons. The van der Waals surface area contributed by atoms with Crippen molar-refractivity contribution in [2.75, 3.05) is 17.4 Å². The van der Waals surface area contributed by atoms with E-state index >= 15 is 0 Å². The Morgan fingerprint density at radius 2 is 1.52 bits per heavy atom. The molecule has 3 rings (SSSR count). The average molecular weight is 605 g/mol. The number of carbonyl (C=O) groups excluding carboxylic acids is 2. The van der Waals surface area contributed by atoms with Gasteiger partial charge >= 0.3 is 0 Å².